The van der Waals surface area contributed by atoms with Gasteiger partial charge in [0, 0.05) is 27.9 Å². The number of fused-ring (bicyclic) bond motifs is 1. The Bertz CT molecular complexity index is 1120. The Morgan fingerprint density at radius 3 is 2.60 bits per heavy atom. The van der Waals surface area contributed by atoms with Crippen LogP contribution < -0.4 is 5.32 Å². The molecule has 1 atom stereocenters. The van der Waals surface area contributed by atoms with Gasteiger partial charge >= 0.3 is 12.1 Å². The van der Waals surface area contributed by atoms with E-state index in [9.17, 15) is 14.7 Å². The van der Waals surface area contributed by atoms with Crippen LogP contribution in [0.4, 0.5) is 10.5 Å². The molecule has 3 N–H and O–H groups in total. The van der Waals surface area contributed by atoms with Crippen LogP contribution in [-0.4, -0.2) is 22.3 Å². The molecule has 0 spiro atoms. The molecule has 0 unspecified atom stereocenters. The van der Waals surface area contributed by atoms with Gasteiger partial charge in [0.15, 0.2) is 0 Å². The number of ether oxygens (including phenoxy) is 1. The normalized spacial score (nSPS) is 12.1. The van der Waals surface area contributed by atoms with Crippen LogP contribution in [0.2, 0.25) is 0 Å². The summed E-state index contributed by atoms with van der Waals surface area (Å²) in [6.45, 7) is 0. The van der Waals surface area contributed by atoms with Gasteiger partial charge in [0.2, 0.25) is 0 Å². The van der Waals surface area contributed by atoms with Crippen molar-refractivity contribution in [3.05, 3.63) is 81.3 Å². The number of halogens is 2. The summed E-state index contributed by atoms with van der Waals surface area (Å²) in [5.74, 6) is -1.21. The summed E-state index contributed by atoms with van der Waals surface area (Å²) >= 11 is 6.60. The van der Waals surface area contributed by atoms with Gasteiger partial charge < -0.3 is 14.9 Å². The molecule has 30 heavy (non-hydrogen) atoms. The first-order chi connectivity index (χ1) is 14.3. The van der Waals surface area contributed by atoms with Crippen molar-refractivity contribution < 1.29 is 24.5 Å². The number of anilines is 1. The van der Waals surface area contributed by atoms with Crippen molar-refractivity contribution in [2.45, 2.75) is 12.5 Å². The minimum absolute atomic E-state index is 0.0612. The maximum atomic E-state index is 12.6. The van der Waals surface area contributed by atoms with Crippen LogP contribution in [0.5, 0.6) is 5.75 Å². The Kier molecular flexibility index (Phi) is 7.12. The Labute approximate surface area is 189 Å². The van der Waals surface area contributed by atoms with Gasteiger partial charge in [-0.15, -0.1) is 0 Å². The summed E-state index contributed by atoms with van der Waals surface area (Å²) in [7, 11) is 0. The zero-order valence-electron chi connectivity index (χ0n) is 15.5. The summed E-state index contributed by atoms with van der Waals surface area (Å²) in [6, 6.07) is 16.4. The van der Waals surface area contributed by atoms with Gasteiger partial charge in [0.1, 0.15) is 11.9 Å². The highest BCUT2D eigenvalue weighted by Crippen LogP contribution is 2.38. The highest BCUT2D eigenvalue weighted by molar-refractivity contribution is 9.11. The first-order valence-corrected chi connectivity index (χ1v) is 10.5. The lowest BCUT2D eigenvalue weighted by Crippen LogP contribution is -2.18. The average molecular weight is 535 g/mol. The molecule has 0 aromatic heterocycles. The summed E-state index contributed by atoms with van der Waals surface area (Å²) in [5.41, 5.74) is 0.914. The van der Waals surface area contributed by atoms with Crippen LogP contribution in [-0.2, 0) is 9.53 Å². The molecule has 3 aromatic carbocycles. The lowest BCUT2D eigenvalue weighted by molar-refractivity contribution is -0.131. The minimum atomic E-state index is -1.12. The van der Waals surface area contributed by atoms with E-state index in [1.165, 1.54) is 6.08 Å². The molecule has 0 heterocycles. The van der Waals surface area contributed by atoms with Crippen LogP contribution in [0, 0.1) is 0 Å². The van der Waals surface area contributed by atoms with Gasteiger partial charge in [0.25, 0.3) is 0 Å². The predicted molar refractivity (Wildman–Crippen MR) is 122 cm³/mol. The maximum Gasteiger partial charge on any atom is 0.412 e. The number of benzene rings is 3. The van der Waals surface area contributed by atoms with Crippen molar-refractivity contribution in [3.8, 4) is 5.75 Å². The highest BCUT2D eigenvalue weighted by Gasteiger charge is 2.22. The van der Waals surface area contributed by atoms with Crippen molar-refractivity contribution in [1.29, 1.82) is 0 Å². The number of rotatable bonds is 6. The Morgan fingerprint density at radius 2 is 1.83 bits per heavy atom. The van der Waals surface area contributed by atoms with Crippen LogP contribution >= 0.6 is 31.9 Å². The molecule has 0 aliphatic heterocycles. The van der Waals surface area contributed by atoms with Crippen molar-refractivity contribution in [1.82, 2.24) is 0 Å². The second-order valence-corrected chi connectivity index (χ2v) is 8.12. The Morgan fingerprint density at radius 1 is 1.10 bits per heavy atom. The van der Waals surface area contributed by atoms with E-state index in [1.54, 1.807) is 18.2 Å². The summed E-state index contributed by atoms with van der Waals surface area (Å²) < 4.78 is 6.64. The number of aliphatic carboxylic acids is 1. The van der Waals surface area contributed by atoms with E-state index in [4.69, 9.17) is 9.84 Å². The Hall–Kier alpha value is -2.84. The molecule has 3 aromatic rings. The second kappa shape index (κ2) is 9.77. The summed E-state index contributed by atoms with van der Waals surface area (Å²) in [5, 5.41) is 23.8. The topological polar surface area (TPSA) is 95.9 Å². The SMILES string of the molecule is O=C(O)/C=C/C[C@H](OC(=O)Nc1cccc2ccccc12)c1cc(Br)cc(Br)c1O. The Balaban J connectivity index is 1.87. The molecule has 8 heteroatoms. The summed E-state index contributed by atoms with van der Waals surface area (Å²) in [6.07, 6.45) is 0.751. The van der Waals surface area contributed by atoms with E-state index >= 15 is 0 Å². The standard InChI is InChI=1S/C22H17Br2NO5/c23-14-11-16(21(28)17(24)12-14)19(9-4-10-20(26)27)30-22(29)25-18-8-3-6-13-5-1-2-7-15(13)18/h1-8,10-12,19,28H,9H2,(H,25,29)(H,26,27)/b10-4+/t19-/m0/s1. The van der Waals surface area contributed by atoms with E-state index in [2.05, 4.69) is 37.2 Å². The third-order valence-corrected chi connectivity index (χ3v) is 5.35. The predicted octanol–water partition coefficient (Wildman–Crippen LogP) is 6.39. The zero-order valence-corrected chi connectivity index (χ0v) is 18.7. The molecule has 0 fully saturated rings. The first kappa shape index (κ1) is 21.9. The molecule has 0 radical (unpaired) electrons. The molecule has 0 aliphatic rings. The highest BCUT2D eigenvalue weighted by atomic mass is 79.9. The molecule has 1 amide bonds. The van der Waals surface area contributed by atoms with Crippen LogP contribution in [0.25, 0.3) is 10.8 Å². The lowest BCUT2D eigenvalue weighted by Gasteiger charge is -2.20. The molecule has 3 rings (SSSR count). The maximum absolute atomic E-state index is 12.6. The number of phenolic OH excluding ortho intramolecular Hbond substituents is 1. The van der Waals surface area contributed by atoms with Gasteiger partial charge in [-0.1, -0.05) is 58.4 Å². The lowest BCUT2D eigenvalue weighted by atomic mass is 10.0. The van der Waals surface area contributed by atoms with E-state index in [0.29, 0.717) is 20.2 Å². The third-order valence-electron chi connectivity index (χ3n) is 4.29. The molecule has 0 saturated heterocycles. The fourth-order valence-corrected chi connectivity index (χ4v) is 4.22. The second-order valence-electron chi connectivity index (χ2n) is 6.35. The van der Waals surface area contributed by atoms with Crippen molar-refractivity contribution in [3.63, 3.8) is 0 Å². The molecular formula is C22H17Br2NO5. The van der Waals surface area contributed by atoms with E-state index in [0.717, 1.165) is 16.8 Å². The smallest absolute Gasteiger partial charge is 0.412 e. The third kappa shape index (κ3) is 5.40. The van der Waals surface area contributed by atoms with Crippen LogP contribution in [0.15, 0.2) is 75.7 Å². The van der Waals surface area contributed by atoms with Gasteiger partial charge in [-0.3, -0.25) is 5.32 Å². The van der Waals surface area contributed by atoms with Crippen molar-refractivity contribution in [2.24, 2.45) is 0 Å². The molecular weight excluding hydrogens is 518 g/mol. The number of nitrogens with one attached hydrogen (secondary N) is 1. The number of carboxylic acid groups (broad SMARTS) is 1. The molecule has 0 aliphatic carbocycles. The molecule has 6 nitrogen and oxygen atoms in total. The van der Waals surface area contributed by atoms with Crippen LogP contribution in [0.3, 0.4) is 0 Å². The monoisotopic (exact) mass is 533 g/mol. The average Bonchev–Trinajstić information content (AvgIpc) is 2.70. The van der Waals surface area contributed by atoms with E-state index in [1.807, 2.05) is 36.4 Å². The number of carbonyl (C=O) groups excluding carboxylic acids is 1. The van der Waals surface area contributed by atoms with Crippen molar-refractivity contribution >= 4 is 60.4 Å². The summed E-state index contributed by atoms with van der Waals surface area (Å²) in [4.78, 5) is 23.4. The number of phenols is 1. The molecule has 154 valence electrons. The number of amides is 1. The quantitative estimate of drug-likeness (QED) is 0.318. The fourth-order valence-electron chi connectivity index (χ4n) is 2.97. The number of carboxylic acids is 1. The van der Waals surface area contributed by atoms with Gasteiger partial charge in [-0.05, 0) is 39.5 Å². The molecule has 0 bridgehead atoms. The van der Waals surface area contributed by atoms with Crippen molar-refractivity contribution in [2.75, 3.05) is 5.32 Å². The number of hydrogen-bond acceptors (Lipinski definition) is 4. The minimum Gasteiger partial charge on any atom is -0.506 e. The van der Waals surface area contributed by atoms with E-state index < -0.39 is 18.2 Å². The van der Waals surface area contributed by atoms with Gasteiger partial charge in [-0.25, -0.2) is 9.59 Å². The van der Waals surface area contributed by atoms with Gasteiger partial charge in [-0.2, -0.15) is 0 Å². The molecule has 0 saturated carbocycles. The largest absolute Gasteiger partial charge is 0.506 e. The number of aromatic hydroxyl groups is 1. The number of hydrogen-bond donors (Lipinski definition) is 3. The first-order valence-electron chi connectivity index (χ1n) is 8.88. The van der Waals surface area contributed by atoms with E-state index in [-0.39, 0.29) is 12.2 Å². The van der Waals surface area contributed by atoms with Gasteiger partial charge in [0.05, 0.1) is 10.2 Å². The fraction of sp³-hybridized carbons (Fsp3) is 0.0909. The van der Waals surface area contributed by atoms with Crippen LogP contribution in [0.1, 0.15) is 18.1 Å². The zero-order chi connectivity index (χ0) is 21.7. The number of carbonyl (C=O) groups is 2.